The highest BCUT2D eigenvalue weighted by molar-refractivity contribution is 5.52. The Morgan fingerprint density at radius 2 is 2.15 bits per heavy atom. The molecule has 1 aliphatic rings. The van der Waals surface area contributed by atoms with E-state index in [2.05, 4.69) is 15.0 Å². The molecule has 1 aromatic heterocycles. The molecule has 1 fully saturated rings. The molecule has 1 atom stereocenters. The van der Waals surface area contributed by atoms with Crippen molar-refractivity contribution in [2.75, 3.05) is 13.2 Å². The van der Waals surface area contributed by atoms with Crippen LogP contribution in [0.25, 0.3) is 11.5 Å². The number of aliphatic hydroxyl groups excluding tert-OH is 1. The molecule has 106 valence electrons. The van der Waals surface area contributed by atoms with Crippen LogP contribution in [0.4, 0.5) is 4.39 Å². The van der Waals surface area contributed by atoms with Gasteiger partial charge in [-0.3, -0.25) is 4.90 Å². The molecule has 1 saturated heterocycles. The molecule has 0 saturated carbocycles. The lowest BCUT2D eigenvalue weighted by Crippen LogP contribution is -2.31. The normalized spacial score (nSPS) is 19.6. The van der Waals surface area contributed by atoms with Crippen LogP contribution in [0, 0.1) is 5.82 Å². The van der Waals surface area contributed by atoms with Gasteiger partial charge in [0.15, 0.2) is 5.82 Å². The van der Waals surface area contributed by atoms with Crippen molar-refractivity contribution in [3.63, 3.8) is 0 Å². The summed E-state index contributed by atoms with van der Waals surface area (Å²) in [4.78, 5) is 6.47. The number of benzene rings is 1. The average molecular weight is 277 g/mol. The lowest BCUT2D eigenvalue weighted by Gasteiger charge is -2.20. The quantitative estimate of drug-likeness (QED) is 0.923. The number of rotatable bonds is 4. The molecule has 5 nitrogen and oxygen atoms in total. The zero-order valence-electron chi connectivity index (χ0n) is 11.0. The molecule has 2 heterocycles. The van der Waals surface area contributed by atoms with Gasteiger partial charge < -0.3 is 9.63 Å². The van der Waals surface area contributed by atoms with Gasteiger partial charge in [0.25, 0.3) is 5.89 Å². The molecule has 0 bridgehead atoms. The van der Waals surface area contributed by atoms with E-state index in [1.54, 1.807) is 12.1 Å². The fraction of sp³-hybridized carbons (Fsp3) is 0.429. The number of nitrogens with zero attached hydrogens (tertiary/aromatic N) is 3. The maximum Gasteiger partial charge on any atom is 0.257 e. The van der Waals surface area contributed by atoms with Crippen LogP contribution in [-0.4, -0.2) is 39.3 Å². The lowest BCUT2D eigenvalue weighted by molar-refractivity contribution is 0.150. The standard InChI is InChI=1S/C14H16FN3O2/c15-11-5-3-10(4-6-11)14-16-13(17-20-14)8-18-7-1-2-12(18)9-19/h3-6,12,19H,1-2,7-9H2. The Morgan fingerprint density at radius 1 is 1.35 bits per heavy atom. The molecule has 1 aliphatic heterocycles. The van der Waals surface area contributed by atoms with Crippen molar-refractivity contribution < 1.29 is 14.0 Å². The number of halogens is 1. The van der Waals surface area contributed by atoms with E-state index in [0.717, 1.165) is 19.4 Å². The van der Waals surface area contributed by atoms with Crippen molar-refractivity contribution >= 4 is 0 Å². The number of hydrogen-bond donors (Lipinski definition) is 1. The second kappa shape index (κ2) is 5.68. The molecule has 0 aliphatic carbocycles. The van der Waals surface area contributed by atoms with Gasteiger partial charge in [-0.25, -0.2) is 4.39 Å². The molecule has 20 heavy (non-hydrogen) atoms. The highest BCUT2D eigenvalue weighted by atomic mass is 19.1. The van der Waals surface area contributed by atoms with Crippen LogP contribution in [0.2, 0.25) is 0 Å². The van der Waals surface area contributed by atoms with Crippen LogP contribution >= 0.6 is 0 Å². The Bertz CT molecular complexity index is 570. The Kier molecular flexibility index (Phi) is 3.75. The Hall–Kier alpha value is -1.79. The Balaban J connectivity index is 1.72. The zero-order valence-corrected chi connectivity index (χ0v) is 11.0. The summed E-state index contributed by atoms with van der Waals surface area (Å²) in [6.07, 6.45) is 2.08. The number of likely N-dealkylation sites (tertiary alicyclic amines) is 1. The molecule has 1 N–H and O–H groups in total. The van der Waals surface area contributed by atoms with Crippen molar-refractivity contribution in [1.82, 2.24) is 15.0 Å². The highest BCUT2D eigenvalue weighted by Gasteiger charge is 2.25. The van der Waals surface area contributed by atoms with Crippen molar-refractivity contribution in [1.29, 1.82) is 0 Å². The molecular weight excluding hydrogens is 261 g/mol. The predicted molar refractivity (Wildman–Crippen MR) is 70.2 cm³/mol. The van der Waals surface area contributed by atoms with E-state index in [1.165, 1.54) is 12.1 Å². The Labute approximate surface area is 116 Å². The third-order valence-electron chi connectivity index (χ3n) is 3.61. The van der Waals surface area contributed by atoms with Gasteiger partial charge >= 0.3 is 0 Å². The summed E-state index contributed by atoms with van der Waals surface area (Å²) in [5.74, 6) is 0.681. The van der Waals surface area contributed by atoms with E-state index >= 15 is 0 Å². The van der Waals surface area contributed by atoms with E-state index in [1.807, 2.05) is 0 Å². The molecule has 0 amide bonds. The predicted octanol–water partition coefficient (Wildman–Crippen LogP) is 1.83. The van der Waals surface area contributed by atoms with E-state index < -0.39 is 0 Å². The highest BCUT2D eigenvalue weighted by Crippen LogP contribution is 2.21. The van der Waals surface area contributed by atoms with Crippen LogP contribution < -0.4 is 0 Å². The third-order valence-corrected chi connectivity index (χ3v) is 3.61. The second-order valence-corrected chi connectivity index (χ2v) is 4.97. The molecule has 6 heteroatoms. The first-order valence-electron chi connectivity index (χ1n) is 6.69. The molecule has 1 aromatic carbocycles. The summed E-state index contributed by atoms with van der Waals surface area (Å²) in [7, 11) is 0. The molecule has 1 unspecified atom stereocenters. The second-order valence-electron chi connectivity index (χ2n) is 4.97. The molecule has 2 aromatic rings. The van der Waals surface area contributed by atoms with Crippen molar-refractivity contribution in [3.8, 4) is 11.5 Å². The lowest BCUT2D eigenvalue weighted by atomic mass is 10.2. The van der Waals surface area contributed by atoms with Crippen LogP contribution in [0.15, 0.2) is 28.8 Å². The minimum atomic E-state index is -0.295. The summed E-state index contributed by atoms with van der Waals surface area (Å²) in [5.41, 5.74) is 0.699. The zero-order chi connectivity index (χ0) is 13.9. The SMILES string of the molecule is OCC1CCCN1Cc1noc(-c2ccc(F)cc2)n1. The minimum absolute atomic E-state index is 0.155. The fourth-order valence-electron chi connectivity index (χ4n) is 2.52. The summed E-state index contributed by atoms with van der Waals surface area (Å²) in [6, 6.07) is 6.13. The van der Waals surface area contributed by atoms with Crippen LogP contribution in [-0.2, 0) is 6.54 Å². The minimum Gasteiger partial charge on any atom is -0.395 e. The first-order chi connectivity index (χ1) is 9.76. The van der Waals surface area contributed by atoms with E-state index in [4.69, 9.17) is 4.52 Å². The first-order valence-corrected chi connectivity index (χ1v) is 6.69. The summed E-state index contributed by atoms with van der Waals surface area (Å²) >= 11 is 0. The van der Waals surface area contributed by atoms with E-state index in [-0.39, 0.29) is 18.5 Å². The van der Waals surface area contributed by atoms with Crippen molar-refractivity contribution in [2.45, 2.75) is 25.4 Å². The van der Waals surface area contributed by atoms with E-state index in [0.29, 0.717) is 23.8 Å². The van der Waals surface area contributed by atoms with Crippen LogP contribution in [0.3, 0.4) is 0 Å². The molecular formula is C14H16FN3O2. The maximum absolute atomic E-state index is 12.9. The van der Waals surface area contributed by atoms with Crippen molar-refractivity contribution in [2.24, 2.45) is 0 Å². The molecule has 3 rings (SSSR count). The van der Waals surface area contributed by atoms with E-state index in [9.17, 15) is 9.50 Å². The first kappa shape index (κ1) is 13.2. The van der Waals surface area contributed by atoms with Gasteiger partial charge in [-0.15, -0.1) is 0 Å². The smallest absolute Gasteiger partial charge is 0.257 e. The largest absolute Gasteiger partial charge is 0.395 e. The maximum atomic E-state index is 12.9. The third kappa shape index (κ3) is 2.71. The fourth-order valence-corrected chi connectivity index (χ4v) is 2.52. The summed E-state index contributed by atoms with van der Waals surface area (Å²) in [6.45, 7) is 1.66. The van der Waals surface area contributed by atoms with Gasteiger partial charge in [-0.1, -0.05) is 5.16 Å². The van der Waals surface area contributed by atoms with Gasteiger partial charge in [0.05, 0.1) is 13.2 Å². The van der Waals surface area contributed by atoms with Gasteiger partial charge in [0.1, 0.15) is 5.82 Å². The molecule has 0 radical (unpaired) electrons. The van der Waals surface area contributed by atoms with Gasteiger partial charge in [-0.05, 0) is 43.7 Å². The number of hydrogen-bond acceptors (Lipinski definition) is 5. The molecule has 0 spiro atoms. The monoisotopic (exact) mass is 277 g/mol. The van der Waals surface area contributed by atoms with Gasteiger partial charge in [0.2, 0.25) is 0 Å². The summed E-state index contributed by atoms with van der Waals surface area (Å²) in [5, 5.41) is 13.2. The van der Waals surface area contributed by atoms with Gasteiger partial charge in [0, 0.05) is 11.6 Å². The van der Waals surface area contributed by atoms with Crippen molar-refractivity contribution in [3.05, 3.63) is 35.9 Å². The Morgan fingerprint density at radius 3 is 2.90 bits per heavy atom. The topological polar surface area (TPSA) is 62.4 Å². The summed E-state index contributed by atoms with van der Waals surface area (Å²) < 4.78 is 18.1. The average Bonchev–Trinajstić information content (AvgIpc) is 3.09. The number of aliphatic hydroxyl groups is 1. The van der Waals surface area contributed by atoms with Crippen LogP contribution in [0.5, 0.6) is 0 Å². The van der Waals surface area contributed by atoms with Gasteiger partial charge in [-0.2, -0.15) is 4.98 Å². The van der Waals surface area contributed by atoms with Crippen LogP contribution in [0.1, 0.15) is 18.7 Å². The number of aromatic nitrogens is 2.